The molecule has 1 aliphatic rings. The molecule has 0 unspecified atom stereocenters. The van der Waals surface area contributed by atoms with E-state index in [-0.39, 0.29) is 11.8 Å². The highest BCUT2D eigenvalue weighted by Gasteiger charge is 2.24. The Morgan fingerprint density at radius 3 is 2.56 bits per heavy atom. The highest BCUT2D eigenvalue weighted by atomic mass is 16.2. The Kier molecular flexibility index (Phi) is 6.36. The van der Waals surface area contributed by atoms with E-state index in [1.54, 1.807) is 12.1 Å². The van der Waals surface area contributed by atoms with E-state index in [9.17, 15) is 9.59 Å². The molecule has 2 aromatic rings. The number of carbonyl (C=O) groups excluding carboxylic acids is 2. The van der Waals surface area contributed by atoms with Crippen molar-refractivity contribution in [1.29, 1.82) is 0 Å². The van der Waals surface area contributed by atoms with E-state index in [0.29, 0.717) is 23.6 Å². The summed E-state index contributed by atoms with van der Waals surface area (Å²) in [5.74, 6) is 0.295. The molecule has 140 valence electrons. The Bertz CT molecular complexity index is 796. The molecule has 27 heavy (non-hydrogen) atoms. The van der Waals surface area contributed by atoms with Gasteiger partial charge in [-0.1, -0.05) is 36.4 Å². The molecule has 3 rings (SSSR count). The van der Waals surface area contributed by atoms with Gasteiger partial charge >= 0.3 is 0 Å². The van der Waals surface area contributed by atoms with Gasteiger partial charge < -0.3 is 10.2 Å². The summed E-state index contributed by atoms with van der Waals surface area (Å²) < 4.78 is 0. The maximum Gasteiger partial charge on any atom is 0.255 e. The molecule has 0 saturated carbocycles. The molecule has 0 spiro atoms. The predicted octanol–water partition coefficient (Wildman–Crippen LogP) is 3.09. The highest BCUT2D eigenvalue weighted by Crippen LogP contribution is 2.23. The number of amides is 2. The van der Waals surface area contributed by atoms with Crippen molar-refractivity contribution in [2.24, 2.45) is 5.92 Å². The minimum atomic E-state index is -0.251. The first-order valence-corrected chi connectivity index (χ1v) is 9.34. The van der Waals surface area contributed by atoms with E-state index in [1.807, 2.05) is 11.0 Å². The summed E-state index contributed by atoms with van der Waals surface area (Å²) in [5, 5.41) is 2.70. The number of pyridine rings is 1. The number of likely N-dealkylation sites (tertiary alicyclic amines) is 1. The van der Waals surface area contributed by atoms with Crippen molar-refractivity contribution in [2.75, 3.05) is 19.6 Å². The molecule has 2 amide bonds. The summed E-state index contributed by atoms with van der Waals surface area (Å²) in [6.45, 7) is 5.43. The maximum atomic E-state index is 12.8. The summed E-state index contributed by atoms with van der Waals surface area (Å²) in [7, 11) is 0. The van der Waals surface area contributed by atoms with Crippen LogP contribution >= 0.6 is 0 Å². The largest absolute Gasteiger partial charge is 0.349 e. The second-order valence-corrected chi connectivity index (χ2v) is 6.89. The zero-order valence-electron chi connectivity index (χ0n) is 15.4. The number of nitrogens with zero attached hydrogens (tertiary/aromatic N) is 2. The van der Waals surface area contributed by atoms with Crippen LogP contribution in [0.15, 0.2) is 61.4 Å². The Morgan fingerprint density at radius 2 is 1.85 bits per heavy atom. The Hall–Kier alpha value is -2.95. The average molecular weight is 363 g/mol. The molecule has 0 radical (unpaired) electrons. The van der Waals surface area contributed by atoms with E-state index in [2.05, 4.69) is 41.1 Å². The Morgan fingerprint density at radius 1 is 1.15 bits per heavy atom. The van der Waals surface area contributed by atoms with Crippen molar-refractivity contribution in [3.63, 3.8) is 0 Å². The van der Waals surface area contributed by atoms with Gasteiger partial charge in [-0.3, -0.25) is 14.6 Å². The standard InChI is InChI=1S/C22H25N3O2/c1-2-10-24-21(26)19-14-20(16-23-15-19)22(27)25-11-8-18(9-12-25)13-17-6-4-3-5-7-17/h2-7,14-16,18H,1,8-13H2,(H,24,26). The summed E-state index contributed by atoms with van der Waals surface area (Å²) in [6, 6.07) is 12.1. The van der Waals surface area contributed by atoms with Gasteiger partial charge in [0.15, 0.2) is 0 Å². The fraction of sp³-hybridized carbons (Fsp3) is 0.318. The van der Waals surface area contributed by atoms with Crippen molar-refractivity contribution < 1.29 is 9.59 Å². The first-order chi connectivity index (χ1) is 13.2. The quantitative estimate of drug-likeness (QED) is 0.802. The van der Waals surface area contributed by atoms with Crippen LogP contribution in [-0.2, 0) is 6.42 Å². The monoisotopic (exact) mass is 363 g/mol. The van der Waals surface area contributed by atoms with Crippen LogP contribution in [-0.4, -0.2) is 41.3 Å². The van der Waals surface area contributed by atoms with Gasteiger partial charge in [0, 0.05) is 32.0 Å². The fourth-order valence-corrected chi connectivity index (χ4v) is 3.42. The van der Waals surface area contributed by atoms with Crippen LogP contribution in [0.5, 0.6) is 0 Å². The van der Waals surface area contributed by atoms with E-state index >= 15 is 0 Å². The normalized spacial score (nSPS) is 14.6. The van der Waals surface area contributed by atoms with Crippen molar-refractivity contribution in [1.82, 2.24) is 15.2 Å². The number of benzene rings is 1. The Labute approximate surface area is 160 Å². The molecule has 1 aromatic carbocycles. The SMILES string of the molecule is C=CCNC(=O)c1cncc(C(=O)N2CCC(Cc3ccccc3)CC2)c1. The third kappa shape index (κ3) is 5.03. The molecule has 1 aromatic heterocycles. The summed E-state index contributed by atoms with van der Waals surface area (Å²) in [6.07, 6.45) is 7.66. The average Bonchev–Trinajstić information content (AvgIpc) is 2.73. The minimum Gasteiger partial charge on any atom is -0.349 e. The molecule has 5 heteroatoms. The molecular weight excluding hydrogens is 338 g/mol. The number of nitrogens with one attached hydrogen (secondary N) is 1. The summed E-state index contributed by atoms with van der Waals surface area (Å²) in [4.78, 5) is 30.8. The first kappa shape index (κ1) is 18.8. The lowest BCUT2D eigenvalue weighted by Crippen LogP contribution is -2.39. The number of piperidine rings is 1. The lowest BCUT2D eigenvalue weighted by atomic mass is 9.90. The molecule has 1 saturated heterocycles. The van der Waals surface area contributed by atoms with E-state index < -0.39 is 0 Å². The second-order valence-electron chi connectivity index (χ2n) is 6.89. The molecule has 1 N–H and O–H groups in total. The molecule has 1 fully saturated rings. The van der Waals surface area contributed by atoms with Crippen LogP contribution in [0, 0.1) is 5.92 Å². The number of carbonyl (C=O) groups is 2. The van der Waals surface area contributed by atoms with Gasteiger partial charge in [0.1, 0.15) is 0 Å². The van der Waals surface area contributed by atoms with Gasteiger partial charge in [0.2, 0.25) is 0 Å². The van der Waals surface area contributed by atoms with E-state index in [4.69, 9.17) is 0 Å². The van der Waals surface area contributed by atoms with Gasteiger partial charge in [0.05, 0.1) is 11.1 Å². The van der Waals surface area contributed by atoms with Crippen LogP contribution in [0.3, 0.4) is 0 Å². The Balaban J connectivity index is 1.57. The molecule has 0 aliphatic carbocycles. The topological polar surface area (TPSA) is 62.3 Å². The van der Waals surface area contributed by atoms with Gasteiger partial charge in [-0.05, 0) is 36.8 Å². The molecule has 5 nitrogen and oxygen atoms in total. The molecule has 0 bridgehead atoms. The van der Waals surface area contributed by atoms with Crippen molar-refractivity contribution in [3.8, 4) is 0 Å². The predicted molar refractivity (Wildman–Crippen MR) is 106 cm³/mol. The maximum absolute atomic E-state index is 12.8. The summed E-state index contributed by atoms with van der Waals surface area (Å²) >= 11 is 0. The van der Waals surface area contributed by atoms with E-state index in [1.165, 1.54) is 18.0 Å². The van der Waals surface area contributed by atoms with Crippen molar-refractivity contribution in [2.45, 2.75) is 19.3 Å². The van der Waals surface area contributed by atoms with Crippen molar-refractivity contribution in [3.05, 3.63) is 78.1 Å². The molecule has 0 atom stereocenters. The molecule has 2 heterocycles. The zero-order valence-corrected chi connectivity index (χ0v) is 15.4. The lowest BCUT2D eigenvalue weighted by molar-refractivity contribution is 0.0690. The van der Waals surface area contributed by atoms with Crippen LogP contribution in [0.1, 0.15) is 39.1 Å². The number of aromatic nitrogens is 1. The first-order valence-electron chi connectivity index (χ1n) is 9.34. The van der Waals surface area contributed by atoms with Gasteiger partial charge in [0.25, 0.3) is 11.8 Å². The minimum absolute atomic E-state index is 0.0565. The van der Waals surface area contributed by atoms with E-state index in [0.717, 1.165) is 32.4 Å². The van der Waals surface area contributed by atoms with Crippen LogP contribution < -0.4 is 5.32 Å². The van der Waals surface area contributed by atoms with Gasteiger partial charge in [-0.2, -0.15) is 0 Å². The number of rotatable bonds is 6. The lowest BCUT2D eigenvalue weighted by Gasteiger charge is -2.32. The summed E-state index contributed by atoms with van der Waals surface area (Å²) in [5.41, 5.74) is 2.20. The highest BCUT2D eigenvalue weighted by molar-refractivity contribution is 5.99. The van der Waals surface area contributed by atoms with Crippen LogP contribution in [0.2, 0.25) is 0 Å². The van der Waals surface area contributed by atoms with Gasteiger partial charge in [-0.25, -0.2) is 0 Å². The van der Waals surface area contributed by atoms with Crippen LogP contribution in [0.4, 0.5) is 0 Å². The molecular formula is C22H25N3O2. The van der Waals surface area contributed by atoms with Crippen molar-refractivity contribution >= 4 is 11.8 Å². The third-order valence-electron chi connectivity index (χ3n) is 4.92. The fourth-order valence-electron chi connectivity index (χ4n) is 3.42. The number of hydrogen-bond acceptors (Lipinski definition) is 3. The van der Waals surface area contributed by atoms with Gasteiger partial charge in [-0.15, -0.1) is 6.58 Å². The second kappa shape index (κ2) is 9.12. The molecule has 1 aliphatic heterocycles. The zero-order chi connectivity index (χ0) is 19.1. The third-order valence-corrected chi connectivity index (χ3v) is 4.92. The smallest absolute Gasteiger partial charge is 0.255 e. The van der Waals surface area contributed by atoms with Crippen LogP contribution in [0.25, 0.3) is 0 Å². The number of hydrogen-bond donors (Lipinski definition) is 1.